The maximum Gasteiger partial charge on any atom is 0.416 e. The maximum absolute atomic E-state index is 13.2. The predicted molar refractivity (Wildman–Crippen MR) is 77.0 cm³/mol. The van der Waals surface area contributed by atoms with Crippen molar-refractivity contribution in [1.82, 2.24) is 10.4 Å². The summed E-state index contributed by atoms with van der Waals surface area (Å²) in [7, 11) is 0. The highest BCUT2D eigenvalue weighted by Crippen LogP contribution is 2.38. The number of nitrogen functional groups attached to an aromatic ring is 1. The van der Waals surface area contributed by atoms with Crippen molar-refractivity contribution < 1.29 is 13.2 Å². The van der Waals surface area contributed by atoms with E-state index in [9.17, 15) is 13.2 Å². The smallest absolute Gasteiger partial charge is 0.398 e. The number of aromatic nitrogens is 1. The summed E-state index contributed by atoms with van der Waals surface area (Å²) in [5, 5.41) is 0. The Hall–Kier alpha value is -1.64. The van der Waals surface area contributed by atoms with Gasteiger partial charge in [0.05, 0.1) is 11.6 Å². The molecule has 1 aromatic heterocycles. The first kappa shape index (κ1) is 15.7. The van der Waals surface area contributed by atoms with Gasteiger partial charge in [-0.05, 0) is 23.8 Å². The number of pyridine rings is 1. The van der Waals surface area contributed by atoms with E-state index in [0.29, 0.717) is 15.7 Å². The summed E-state index contributed by atoms with van der Waals surface area (Å²) in [6.45, 7) is 0. The van der Waals surface area contributed by atoms with Gasteiger partial charge in [0.15, 0.2) is 0 Å². The van der Waals surface area contributed by atoms with Crippen molar-refractivity contribution in [2.75, 3.05) is 5.73 Å². The molecule has 0 aliphatic rings. The molecule has 0 fully saturated rings. The van der Waals surface area contributed by atoms with Gasteiger partial charge in [-0.15, -0.1) is 0 Å². The van der Waals surface area contributed by atoms with Crippen LogP contribution in [0.15, 0.2) is 41.1 Å². The minimum Gasteiger partial charge on any atom is -0.398 e. The summed E-state index contributed by atoms with van der Waals surface area (Å²) in [6, 6.07) is 4.46. The molecule has 1 atom stereocenters. The Kier molecular flexibility index (Phi) is 4.50. The molecule has 2 aromatic rings. The molecule has 0 aliphatic heterocycles. The molecule has 1 unspecified atom stereocenters. The number of halogens is 4. The van der Waals surface area contributed by atoms with E-state index in [0.717, 1.165) is 6.07 Å². The van der Waals surface area contributed by atoms with Gasteiger partial charge in [-0.25, -0.2) is 5.43 Å². The summed E-state index contributed by atoms with van der Waals surface area (Å²) >= 11 is 3.04. The van der Waals surface area contributed by atoms with Crippen molar-refractivity contribution in [2.24, 2.45) is 5.84 Å². The van der Waals surface area contributed by atoms with Crippen LogP contribution in [0.2, 0.25) is 0 Å². The average Bonchev–Trinajstić information content (AvgIpc) is 2.42. The molecule has 21 heavy (non-hydrogen) atoms. The van der Waals surface area contributed by atoms with Crippen LogP contribution in [0.4, 0.5) is 18.9 Å². The second-order valence-corrected chi connectivity index (χ2v) is 5.25. The third-order valence-corrected chi connectivity index (χ3v) is 3.49. The maximum atomic E-state index is 13.2. The average molecular weight is 361 g/mol. The van der Waals surface area contributed by atoms with Crippen molar-refractivity contribution in [3.8, 4) is 0 Å². The number of nitrogens with zero attached hydrogens (tertiary/aromatic N) is 1. The zero-order valence-corrected chi connectivity index (χ0v) is 12.2. The number of hydrogen-bond acceptors (Lipinski definition) is 4. The fourth-order valence-electron chi connectivity index (χ4n) is 2.03. The van der Waals surface area contributed by atoms with Gasteiger partial charge < -0.3 is 5.73 Å². The van der Waals surface area contributed by atoms with E-state index in [1.807, 2.05) is 0 Å². The third-order valence-electron chi connectivity index (χ3n) is 3.00. The quantitative estimate of drug-likeness (QED) is 0.580. The topological polar surface area (TPSA) is 77.0 Å². The summed E-state index contributed by atoms with van der Waals surface area (Å²) < 4.78 is 39.9. The van der Waals surface area contributed by atoms with Crippen LogP contribution in [-0.4, -0.2) is 4.98 Å². The molecule has 0 radical (unpaired) electrons. The van der Waals surface area contributed by atoms with Gasteiger partial charge in [-0.3, -0.25) is 10.8 Å². The highest BCUT2D eigenvalue weighted by atomic mass is 79.9. The molecule has 5 N–H and O–H groups in total. The van der Waals surface area contributed by atoms with Gasteiger partial charge in [0.2, 0.25) is 0 Å². The molecule has 0 saturated heterocycles. The van der Waals surface area contributed by atoms with E-state index in [-0.39, 0.29) is 5.56 Å². The molecular weight excluding hydrogens is 349 g/mol. The van der Waals surface area contributed by atoms with E-state index in [4.69, 9.17) is 11.6 Å². The zero-order valence-electron chi connectivity index (χ0n) is 10.7. The first-order chi connectivity index (χ1) is 9.84. The number of rotatable bonds is 3. The third kappa shape index (κ3) is 3.34. The molecule has 4 nitrogen and oxygen atoms in total. The van der Waals surface area contributed by atoms with Gasteiger partial charge in [0.1, 0.15) is 0 Å². The Balaban J connectivity index is 2.61. The second-order valence-electron chi connectivity index (χ2n) is 4.33. The fraction of sp³-hybridized carbons (Fsp3) is 0.154. The summed E-state index contributed by atoms with van der Waals surface area (Å²) in [5.41, 5.74) is 8.05. The number of hydrogen-bond donors (Lipinski definition) is 3. The Morgan fingerprint density at radius 1 is 1.19 bits per heavy atom. The van der Waals surface area contributed by atoms with E-state index < -0.39 is 17.8 Å². The van der Waals surface area contributed by atoms with Gasteiger partial charge >= 0.3 is 6.18 Å². The van der Waals surface area contributed by atoms with Crippen molar-refractivity contribution in [1.29, 1.82) is 0 Å². The number of hydrazine groups is 1. The lowest BCUT2D eigenvalue weighted by Crippen LogP contribution is -2.31. The lowest BCUT2D eigenvalue weighted by atomic mass is 9.94. The fourth-order valence-corrected chi connectivity index (χ4v) is 2.39. The molecule has 0 aliphatic carbocycles. The molecule has 1 aromatic carbocycles. The van der Waals surface area contributed by atoms with E-state index in [1.165, 1.54) is 30.6 Å². The van der Waals surface area contributed by atoms with Crippen LogP contribution >= 0.6 is 15.9 Å². The Morgan fingerprint density at radius 2 is 1.90 bits per heavy atom. The number of benzene rings is 1. The lowest BCUT2D eigenvalue weighted by Gasteiger charge is -2.22. The minimum atomic E-state index is -4.51. The molecule has 1 heterocycles. The van der Waals surface area contributed by atoms with Gasteiger partial charge in [-0.2, -0.15) is 13.2 Å². The van der Waals surface area contributed by atoms with Crippen LogP contribution in [0, 0.1) is 0 Å². The standard InChI is InChI=1S/C13H12BrF3N4/c14-7-1-2-8(10(5-7)13(15,16)17)12(21-19)9-6-20-4-3-11(9)18/h1-6,12,21H,19H2,(H2,18,20). The van der Waals surface area contributed by atoms with Crippen LogP contribution in [0.5, 0.6) is 0 Å². The molecule has 8 heteroatoms. The molecule has 2 rings (SSSR count). The van der Waals surface area contributed by atoms with Crippen LogP contribution in [0.3, 0.4) is 0 Å². The Bertz CT molecular complexity index is 646. The molecular formula is C13H12BrF3N4. The van der Waals surface area contributed by atoms with Gasteiger partial charge in [-0.1, -0.05) is 22.0 Å². The van der Waals surface area contributed by atoms with Crippen LogP contribution in [-0.2, 0) is 6.18 Å². The highest BCUT2D eigenvalue weighted by Gasteiger charge is 2.36. The number of alkyl halides is 3. The van der Waals surface area contributed by atoms with E-state index in [2.05, 4.69) is 26.3 Å². The number of nitrogens with two attached hydrogens (primary N) is 2. The van der Waals surface area contributed by atoms with Crippen LogP contribution in [0.25, 0.3) is 0 Å². The van der Waals surface area contributed by atoms with Crippen molar-refractivity contribution in [3.05, 3.63) is 57.8 Å². The van der Waals surface area contributed by atoms with Crippen molar-refractivity contribution in [3.63, 3.8) is 0 Å². The Morgan fingerprint density at radius 3 is 2.48 bits per heavy atom. The summed E-state index contributed by atoms with van der Waals surface area (Å²) in [4.78, 5) is 3.88. The SMILES string of the molecule is NNC(c1cnccc1N)c1ccc(Br)cc1C(F)(F)F. The largest absolute Gasteiger partial charge is 0.416 e. The number of nitrogens with one attached hydrogen (secondary N) is 1. The monoisotopic (exact) mass is 360 g/mol. The van der Waals surface area contributed by atoms with Crippen LogP contribution in [0.1, 0.15) is 22.7 Å². The zero-order chi connectivity index (χ0) is 15.6. The first-order valence-corrected chi connectivity index (χ1v) is 6.66. The molecule has 112 valence electrons. The first-order valence-electron chi connectivity index (χ1n) is 5.86. The summed E-state index contributed by atoms with van der Waals surface area (Å²) in [6.07, 6.45) is -1.66. The number of anilines is 1. The second kappa shape index (κ2) is 6.00. The highest BCUT2D eigenvalue weighted by molar-refractivity contribution is 9.10. The van der Waals surface area contributed by atoms with Gasteiger partial charge in [0, 0.05) is 28.1 Å². The normalized spacial score (nSPS) is 13.2. The van der Waals surface area contributed by atoms with Crippen molar-refractivity contribution in [2.45, 2.75) is 12.2 Å². The molecule has 0 saturated carbocycles. The predicted octanol–water partition coefficient (Wildman–Crippen LogP) is 3.00. The van der Waals surface area contributed by atoms with Crippen molar-refractivity contribution >= 4 is 21.6 Å². The minimum absolute atomic E-state index is 0.0205. The Labute approximate surface area is 127 Å². The molecule has 0 bridgehead atoms. The van der Waals surface area contributed by atoms with Gasteiger partial charge in [0.25, 0.3) is 0 Å². The van der Waals surface area contributed by atoms with E-state index >= 15 is 0 Å². The summed E-state index contributed by atoms with van der Waals surface area (Å²) in [5.74, 6) is 5.44. The lowest BCUT2D eigenvalue weighted by molar-refractivity contribution is -0.138. The molecule has 0 amide bonds. The molecule has 0 spiro atoms. The van der Waals surface area contributed by atoms with E-state index in [1.54, 1.807) is 0 Å². The van der Waals surface area contributed by atoms with Crippen LogP contribution < -0.4 is 17.0 Å².